The molecule has 2 aromatic carbocycles. The van der Waals surface area contributed by atoms with Crippen LogP contribution in [0, 0.1) is 6.92 Å². The number of aryl methyl sites for hydroxylation is 1. The lowest BCUT2D eigenvalue weighted by Gasteiger charge is -2.23. The number of aliphatic hydroxyl groups is 1. The Kier molecular flexibility index (Phi) is 6.05. The van der Waals surface area contributed by atoms with Crippen LogP contribution in [0.25, 0.3) is 5.76 Å². The molecule has 0 saturated carbocycles. The van der Waals surface area contributed by atoms with Crippen LogP contribution in [0.2, 0.25) is 0 Å². The second-order valence-corrected chi connectivity index (χ2v) is 8.24. The molecule has 0 spiro atoms. The molecule has 1 N–H and O–H groups in total. The highest BCUT2D eigenvalue weighted by Gasteiger charge is 2.48. The maximum Gasteiger partial charge on any atom is 0.301 e. The Bertz CT molecular complexity index is 1210. The molecule has 0 unspecified atom stereocenters. The summed E-state index contributed by atoms with van der Waals surface area (Å²) in [6.07, 6.45) is 0. The fraction of sp³-hybridized carbons (Fsp3) is 0.269. The Morgan fingerprint density at radius 3 is 2.33 bits per heavy atom. The number of carbonyl (C=O) groups excluding carboxylic acids is 2. The molecule has 0 aliphatic carbocycles. The van der Waals surface area contributed by atoms with E-state index < -0.39 is 17.7 Å². The van der Waals surface area contributed by atoms with Gasteiger partial charge in [-0.25, -0.2) is 0 Å². The normalized spacial score (nSPS) is 17.7. The minimum absolute atomic E-state index is 0.00195. The van der Waals surface area contributed by atoms with E-state index >= 15 is 0 Å². The monoisotopic (exact) mass is 446 g/mol. The van der Waals surface area contributed by atoms with Crippen LogP contribution in [0.5, 0.6) is 5.75 Å². The number of nitrogens with zero attached hydrogens (tertiary/aromatic N) is 2. The summed E-state index contributed by atoms with van der Waals surface area (Å²) in [4.78, 5) is 27.5. The van der Waals surface area contributed by atoms with Crippen molar-refractivity contribution >= 4 is 23.3 Å². The number of aliphatic hydroxyl groups excluding tert-OH is 1. The smallest absolute Gasteiger partial charge is 0.301 e. The van der Waals surface area contributed by atoms with Gasteiger partial charge in [0.05, 0.1) is 18.2 Å². The summed E-state index contributed by atoms with van der Waals surface area (Å²) in [5, 5.41) is 15.1. The van der Waals surface area contributed by atoms with Gasteiger partial charge in [-0.2, -0.15) is 0 Å². The van der Waals surface area contributed by atoms with Crippen molar-refractivity contribution in [2.75, 3.05) is 11.5 Å². The Morgan fingerprint density at radius 1 is 1.12 bits per heavy atom. The van der Waals surface area contributed by atoms with Crippen LogP contribution in [0.1, 0.15) is 55.2 Å². The van der Waals surface area contributed by atoms with Crippen molar-refractivity contribution in [1.29, 1.82) is 0 Å². The Hall–Kier alpha value is -3.87. The van der Waals surface area contributed by atoms with Gasteiger partial charge in [-0.05, 0) is 55.2 Å². The summed E-state index contributed by atoms with van der Waals surface area (Å²) >= 11 is 0. The van der Waals surface area contributed by atoms with Gasteiger partial charge in [0.15, 0.2) is 5.82 Å². The molecule has 33 heavy (non-hydrogen) atoms. The van der Waals surface area contributed by atoms with Crippen LogP contribution in [-0.2, 0) is 9.59 Å². The van der Waals surface area contributed by atoms with E-state index in [-0.39, 0.29) is 17.2 Å². The van der Waals surface area contributed by atoms with Gasteiger partial charge in [0, 0.05) is 11.6 Å². The largest absolute Gasteiger partial charge is 0.507 e. The number of carbonyl (C=O) groups is 2. The summed E-state index contributed by atoms with van der Waals surface area (Å²) in [7, 11) is 0. The van der Waals surface area contributed by atoms with Gasteiger partial charge >= 0.3 is 5.91 Å². The van der Waals surface area contributed by atoms with Crippen molar-refractivity contribution in [3.63, 3.8) is 0 Å². The molecule has 1 fully saturated rings. The number of rotatable bonds is 6. The van der Waals surface area contributed by atoms with Gasteiger partial charge in [-0.1, -0.05) is 43.3 Å². The number of hydrogen-bond acceptors (Lipinski definition) is 6. The zero-order valence-electron chi connectivity index (χ0n) is 19.0. The molecule has 1 saturated heterocycles. The van der Waals surface area contributed by atoms with Gasteiger partial charge in [-0.3, -0.25) is 14.5 Å². The highest BCUT2D eigenvalue weighted by Crippen LogP contribution is 2.42. The molecule has 1 aromatic heterocycles. The standard InChI is InChI=1S/C26H26N2O5/c1-5-32-20-12-10-19(11-13-20)24(29)22-23(18-8-6-17(7-9-18)15(2)3)28(26(31)25(22)30)21-14-16(4)33-27-21/h6-15,23,29H,5H2,1-4H3/t23-/m1/s1. The van der Waals surface area contributed by atoms with Crippen molar-refractivity contribution < 1.29 is 24.0 Å². The average Bonchev–Trinajstić information content (AvgIpc) is 3.34. The summed E-state index contributed by atoms with van der Waals surface area (Å²) in [6.45, 7) is 8.28. The van der Waals surface area contributed by atoms with Crippen LogP contribution in [0.15, 0.2) is 64.7 Å². The first-order valence-electron chi connectivity index (χ1n) is 10.9. The predicted molar refractivity (Wildman–Crippen MR) is 124 cm³/mol. The van der Waals surface area contributed by atoms with E-state index in [1.54, 1.807) is 37.3 Å². The first kappa shape index (κ1) is 22.3. The van der Waals surface area contributed by atoms with Crippen LogP contribution < -0.4 is 9.64 Å². The predicted octanol–water partition coefficient (Wildman–Crippen LogP) is 5.13. The maximum atomic E-state index is 13.1. The van der Waals surface area contributed by atoms with Gasteiger partial charge in [0.1, 0.15) is 17.3 Å². The molecule has 4 rings (SSSR count). The number of amides is 1. The Balaban J connectivity index is 1.86. The van der Waals surface area contributed by atoms with Crippen LogP contribution in [0.3, 0.4) is 0 Å². The van der Waals surface area contributed by atoms with Crippen molar-refractivity contribution in [1.82, 2.24) is 5.16 Å². The molecule has 1 aliphatic heterocycles. The minimum Gasteiger partial charge on any atom is -0.507 e. The fourth-order valence-electron chi connectivity index (χ4n) is 3.95. The maximum absolute atomic E-state index is 13.1. The van der Waals surface area contributed by atoms with E-state index in [1.165, 1.54) is 4.90 Å². The number of benzene rings is 2. The molecule has 170 valence electrons. The Labute approximate surface area is 192 Å². The summed E-state index contributed by atoms with van der Waals surface area (Å²) < 4.78 is 10.6. The molecular weight excluding hydrogens is 420 g/mol. The summed E-state index contributed by atoms with van der Waals surface area (Å²) in [5.41, 5.74) is 2.23. The van der Waals surface area contributed by atoms with Gasteiger partial charge in [-0.15, -0.1) is 0 Å². The van der Waals surface area contributed by atoms with Crippen LogP contribution in [-0.4, -0.2) is 28.6 Å². The van der Waals surface area contributed by atoms with Crippen molar-refractivity contribution in [3.8, 4) is 5.75 Å². The third kappa shape index (κ3) is 4.14. The number of anilines is 1. The Morgan fingerprint density at radius 2 is 1.79 bits per heavy atom. The van der Waals surface area contributed by atoms with Gasteiger partial charge in [0.2, 0.25) is 0 Å². The van der Waals surface area contributed by atoms with Crippen LogP contribution in [0.4, 0.5) is 5.82 Å². The van der Waals surface area contributed by atoms with Gasteiger partial charge < -0.3 is 14.4 Å². The molecular formula is C26H26N2O5. The molecule has 3 aromatic rings. The molecule has 1 atom stereocenters. The lowest BCUT2D eigenvalue weighted by Crippen LogP contribution is -2.29. The zero-order valence-corrected chi connectivity index (χ0v) is 19.0. The van der Waals surface area contributed by atoms with E-state index in [0.717, 1.165) is 5.56 Å². The van der Waals surface area contributed by atoms with Crippen molar-refractivity contribution in [3.05, 3.63) is 82.6 Å². The first-order chi connectivity index (χ1) is 15.8. The second-order valence-electron chi connectivity index (χ2n) is 8.24. The lowest BCUT2D eigenvalue weighted by molar-refractivity contribution is -0.132. The van der Waals surface area contributed by atoms with E-state index in [0.29, 0.717) is 35.2 Å². The first-order valence-corrected chi connectivity index (χ1v) is 10.9. The molecule has 1 aliphatic rings. The lowest BCUT2D eigenvalue weighted by atomic mass is 9.93. The molecule has 1 amide bonds. The number of ether oxygens (including phenoxy) is 1. The molecule has 2 heterocycles. The average molecular weight is 447 g/mol. The summed E-state index contributed by atoms with van der Waals surface area (Å²) in [6, 6.07) is 15.2. The molecule has 7 nitrogen and oxygen atoms in total. The highest BCUT2D eigenvalue weighted by atomic mass is 16.5. The number of ketones is 1. The van der Waals surface area contributed by atoms with E-state index in [9.17, 15) is 14.7 Å². The quantitative estimate of drug-likeness (QED) is 0.320. The SMILES string of the molecule is CCOc1ccc(C(O)=C2C(=O)C(=O)N(c3cc(C)on3)[C@@H]2c2ccc(C(C)C)cc2)cc1. The van der Waals surface area contributed by atoms with Gasteiger partial charge in [0.25, 0.3) is 5.78 Å². The second kappa shape index (κ2) is 8.94. The third-order valence-electron chi connectivity index (χ3n) is 5.66. The number of Topliss-reactive ketones (excluding diaryl/α,β-unsaturated/α-hetero) is 1. The van der Waals surface area contributed by atoms with Crippen molar-refractivity contribution in [2.45, 2.75) is 39.7 Å². The molecule has 0 radical (unpaired) electrons. The highest BCUT2D eigenvalue weighted by molar-refractivity contribution is 6.51. The van der Waals surface area contributed by atoms with E-state index in [4.69, 9.17) is 9.26 Å². The minimum atomic E-state index is -0.845. The fourth-order valence-corrected chi connectivity index (χ4v) is 3.95. The third-order valence-corrected chi connectivity index (χ3v) is 5.66. The summed E-state index contributed by atoms with van der Waals surface area (Å²) in [5.74, 6) is -0.0998. The van der Waals surface area contributed by atoms with E-state index in [2.05, 4.69) is 19.0 Å². The number of hydrogen-bond donors (Lipinski definition) is 1. The van der Waals surface area contributed by atoms with E-state index in [1.807, 2.05) is 31.2 Å². The molecule has 7 heteroatoms. The van der Waals surface area contributed by atoms with Crippen molar-refractivity contribution in [2.24, 2.45) is 0 Å². The zero-order chi connectivity index (χ0) is 23.7. The molecule has 0 bridgehead atoms. The topological polar surface area (TPSA) is 92.9 Å². The number of aromatic nitrogens is 1. The van der Waals surface area contributed by atoms with Crippen LogP contribution >= 0.6 is 0 Å².